The lowest BCUT2D eigenvalue weighted by molar-refractivity contribution is -0.143. The van der Waals surface area contributed by atoms with E-state index >= 15 is 0 Å². The normalized spacial score (nSPS) is 25.3. The van der Waals surface area contributed by atoms with Gasteiger partial charge in [0.05, 0.1) is 5.54 Å². The molecule has 4 heteroatoms. The van der Waals surface area contributed by atoms with Crippen molar-refractivity contribution in [2.75, 3.05) is 39.3 Å². The van der Waals surface area contributed by atoms with Gasteiger partial charge in [0.15, 0.2) is 0 Å². The molecule has 0 aromatic heterocycles. The third kappa shape index (κ3) is 3.53. The molecule has 2 saturated heterocycles. The van der Waals surface area contributed by atoms with Crippen molar-refractivity contribution in [1.29, 1.82) is 0 Å². The molecule has 0 spiro atoms. The van der Waals surface area contributed by atoms with Crippen LogP contribution in [-0.4, -0.2) is 60.5 Å². The van der Waals surface area contributed by atoms with Crippen molar-refractivity contribution in [3.8, 4) is 0 Å². The first-order valence-electron chi connectivity index (χ1n) is 8.08. The molecule has 0 aromatic rings. The molecule has 4 nitrogen and oxygen atoms in total. The lowest BCUT2D eigenvalue weighted by Crippen LogP contribution is -2.60. The lowest BCUT2D eigenvalue weighted by Gasteiger charge is -2.42. The second-order valence-corrected chi connectivity index (χ2v) is 7.61. The SMILES string of the molecule is CC1(C)CCCN(C(=O)C(C)(C)N2CCNCC2)CC1. The van der Waals surface area contributed by atoms with E-state index in [9.17, 15) is 4.79 Å². The van der Waals surface area contributed by atoms with Gasteiger partial charge in [-0.1, -0.05) is 13.8 Å². The summed E-state index contributed by atoms with van der Waals surface area (Å²) in [6.45, 7) is 14.6. The first kappa shape index (κ1) is 15.8. The monoisotopic (exact) mass is 281 g/mol. The maximum Gasteiger partial charge on any atom is 0.242 e. The van der Waals surface area contributed by atoms with Crippen molar-refractivity contribution in [3.63, 3.8) is 0 Å². The van der Waals surface area contributed by atoms with Crippen LogP contribution in [0, 0.1) is 5.41 Å². The van der Waals surface area contributed by atoms with E-state index in [-0.39, 0.29) is 5.54 Å². The summed E-state index contributed by atoms with van der Waals surface area (Å²) in [5.74, 6) is 0.317. The highest BCUT2D eigenvalue weighted by Gasteiger charge is 2.39. The van der Waals surface area contributed by atoms with Gasteiger partial charge in [0, 0.05) is 39.3 Å². The number of nitrogens with one attached hydrogen (secondary N) is 1. The molecule has 0 saturated carbocycles. The summed E-state index contributed by atoms with van der Waals surface area (Å²) >= 11 is 0. The molecule has 2 aliphatic heterocycles. The summed E-state index contributed by atoms with van der Waals surface area (Å²) in [4.78, 5) is 17.4. The number of carbonyl (C=O) groups excluding carboxylic acids is 1. The third-order valence-electron chi connectivity index (χ3n) is 5.06. The van der Waals surface area contributed by atoms with Gasteiger partial charge in [-0.3, -0.25) is 9.69 Å². The van der Waals surface area contributed by atoms with E-state index < -0.39 is 0 Å². The molecule has 116 valence electrons. The van der Waals surface area contributed by atoms with Crippen LogP contribution in [0.3, 0.4) is 0 Å². The van der Waals surface area contributed by atoms with Crippen molar-refractivity contribution >= 4 is 5.91 Å². The fourth-order valence-electron chi connectivity index (χ4n) is 3.37. The molecule has 0 unspecified atom stereocenters. The Hall–Kier alpha value is -0.610. The molecule has 20 heavy (non-hydrogen) atoms. The zero-order chi connectivity index (χ0) is 14.8. The van der Waals surface area contributed by atoms with Gasteiger partial charge in [-0.25, -0.2) is 0 Å². The number of piperazine rings is 1. The Labute approximate surface area is 123 Å². The van der Waals surface area contributed by atoms with E-state index in [1.54, 1.807) is 0 Å². The molecule has 2 aliphatic rings. The lowest BCUT2D eigenvalue weighted by atomic mass is 9.85. The third-order valence-corrected chi connectivity index (χ3v) is 5.06. The Balaban J connectivity index is 2.01. The van der Waals surface area contributed by atoms with Crippen molar-refractivity contribution < 1.29 is 4.79 Å². The highest BCUT2D eigenvalue weighted by Crippen LogP contribution is 2.31. The predicted molar refractivity (Wildman–Crippen MR) is 82.7 cm³/mol. The molecule has 0 aromatic carbocycles. The maximum atomic E-state index is 12.9. The molecule has 1 N–H and O–H groups in total. The van der Waals surface area contributed by atoms with E-state index in [0.717, 1.165) is 52.1 Å². The number of likely N-dealkylation sites (tertiary alicyclic amines) is 1. The minimum absolute atomic E-state index is 0.317. The van der Waals surface area contributed by atoms with Crippen LogP contribution >= 0.6 is 0 Å². The summed E-state index contributed by atoms with van der Waals surface area (Å²) in [5, 5.41) is 3.36. The molecule has 2 rings (SSSR count). The zero-order valence-corrected chi connectivity index (χ0v) is 13.7. The number of hydrogen-bond donors (Lipinski definition) is 1. The second kappa shape index (κ2) is 6.02. The van der Waals surface area contributed by atoms with Gasteiger partial charge >= 0.3 is 0 Å². The molecular weight excluding hydrogens is 250 g/mol. The Morgan fingerprint density at radius 2 is 1.70 bits per heavy atom. The van der Waals surface area contributed by atoms with Crippen LogP contribution < -0.4 is 5.32 Å². The van der Waals surface area contributed by atoms with Gasteiger partial charge in [0.2, 0.25) is 5.91 Å². The molecular formula is C16H31N3O. The molecule has 2 fully saturated rings. The molecule has 1 amide bonds. The van der Waals surface area contributed by atoms with E-state index in [0.29, 0.717) is 11.3 Å². The minimum atomic E-state index is -0.365. The predicted octanol–water partition coefficient (Wildman–Crippen LogP) is 1.71. The van der Waals surface area contributed by atoms with Gasteiger partial charge in [0.25, 0.3) is 0 Å². The summed E-state index contributed by atoms with van der Waals surface area (Å²) in [6.07, 6.45) is 3.48. The fraction of sp³-hybridized carbons (Fsp3) is 0.938. The fourth-order valence-corrected chi connectivity index (χ4v) is 3.37. The van der Waals surface area contributed by atoms with Crippen LogP contribution in [0.1, 0.15) is 47.0 Å². The highest BCUT2D eigenvalue weighted by atomic mass is 16.2. The summed E-state index contributed by atoms with van der Waals surface area (Å²) in [7, 11) is 0. The van der Waals surface area contributed by atoms with Gasteiger partial charge in [-0.05, 0) is 38.5 Å². The van der Waals surface area contributed by atoms with Crippen molar-refractivity contribution in [3.05, 3.63) is 0 Å². The smallest absolute Gasteiger partial charge is 0.242 e. The summed E-state index contributed by atoms with van der Waals surface area (Å²) < 4.78 is 0. The number of rotatable bonds is 2. The number of carbonyl (C=O) groups is 1. The molecule has 0 aliphatic carbocycles. The average molecular weight is 281 g/mol. The standard InChI is InChI=1S/C16H31N3O/c1-15(2)6-5-10-18(11-7-15)14(20)16(3,4)19-12-8-17-9-13-19/h17H,5-13H2,1-4H3. The van der Waals surface area contributed by atoms with Gasteiger partial charge in [-0.2, -0.15) is 0 Å². The highest BCUT2D eigenvalue weighted by molar-refractivity contribution is 5.85. The molecule has 2 heterocycles. The topological polar surface area (TPSA) is 35.6 Å². The van der Waals surface area contributed by atoms with Crippen LogP contribution in [0.4, 0.5) is 0 Å². The van der Waals surface area contributed by atoms with E-state index in [2.05, 4.69) is 42.8 Å². The Kier molecular flexibility index (Phi) is 4.75. The zero-order valence-electron chi connectivity index (χ0n) is 13.7. The van der Waals surface area contributed by atoms with Gasteiger partial charge in [0.1, 0.15) is 0 Å². The largest absolute Gasteiger partial charge is 0.341 e. The number of hydrogen-bond acceptors (Lipinski definition) is 3. The van der Waals surface area contributed by atoms with E-state index in [1.165, 1.54) is 6.42 Å². The molecule has 0 atom stereocenters. The van der Waals surface area contributed by atoms with Crippen LogP contribution in [0.15, 0.2) is 0 Å². The number of amides is 1. The molecule has 0 radical (unpaired) electrons. The summed E-state index contributed by atoms with van der Waals surface area (Å²) in [6, 6.07) is 0. The van der Waals surface area contributed by atoms with E-state index in [4.69, 9.17) is 0 Å². The minimum Gasteiger partial charge on any atom is -0.341 e. The summed E-state index contributed by atoms with van der Waals surface area (Å²) in [5.41, 5.74) is 0.0187. The van der Waals surface area contributed by atoms with Crippen LogP contribution in [0.25, 0.3) is 0 Å². The van der Waals surface area contributed by atoms with Crippen molar-refractivity contribution in [1.82, 2.24) is 15.1 Å². The number of nitrogens with zero attached hydrogens (tertiary/aromatic N) is 2. The maximum absolute atomic E-state index is 12.9. The van der Waals surface area contributed by atoms with Gasteiger partial charge < -0.3 is 10.2 Å². The van der Waals surface area contributed by atoms with Crippen LogP contribution in [-0.2, 0) is 4.79 Å². The van der Waals surface area contributed by atoms with Crippen LogP contribution in [0.2, 0.25) is 0 Å². The Morgan fingerprint density at radius 1 is 1.05 bits per heavy atom. The quantitative estimate of drug-likeness (QED) is 0.837. The first-order valence-corrected chi connectivity index (χ1v) is 8.08. The van der Waals surface area contributed by atoms with Crippen LogP contribution in [0.5, 0.6) is 0 Å². The Morgan fingerprint density at radius 3 is 2.35 bits per heavy atom. The van der Waals surface area contributed by atoms with Gasteiger partial charge in [-0.15, -0.1) is 0 Å². The average Bonchev–Trinajstić information content (AvgIpc) is 2.60. The van der Waals surface area contributed by atoms with Crippen molar-refractivity contribution in [2.45, 2.75) is 52.5 Å². The van der Waals surface area contributed by atoms with E-state index in [1.807, 2.05) is 0 Å². The second-order valence-electron chi connectivity index (χ2n) is 7.61. The first-order chi connectivity index (χ1) is 9.33. The molecule has 0 bridgehead atoms. The Bertz CT molecular complexity index is 346. The van der Waals surface area contributed by atoms with Crippen molar-refractivity contribution in [2.24, 2.45) is 5.41 Å².